The van der Waals surface area contributed by atoms with Gasteiger partial charge in [0.25, 0.3) is 0 Å². The standard InChI is InChI=1S/C20H20N6OS/c1-20(2)6-15-13(9-27-20)5-14-16-17(28-19(14)26-15)18(25-11-24-16)23-4-3-12-7-21-10-22-8-12/h5,7-8,10-11H,3-4,6,9H2,1-2H3,(H,23,24,25). The summed E-state index contributed by atoms with van der Waals surface area (Å²) in [6.45, 7) is 5.56. The first-order valence-corrected chi connectivity index (χ1v) is 10.1. The second kappa shape index (κ2) is 6.72. The van der Waals surface area contributed by atoms with E-state index in [1.54, 1.807) is 24.0 Å². The van der Waals surface area contributed by atoms with Crippen molar-refractivity contribution in [3.8, 4) is 0 Å². The molecule has 4 aromatic heterocycles. The van der Waals surface area contributed by atoms with Gasteiger partial charge in [-0.2, -0.15) is 0 Å². The van der Waals surface area contributed by atoms with E-state index in [9.17, 15) is 0 Å². The zero-order valence-electron chi connectivity index (χ0n) is 15.8. The smallest absolute Gasteiger partial charge is 0.147 e. The second-order valence-corrected chi connectivity index (χ2v) is 8.60. The maximum Gasteiger partial charge on any atom is 0.147 e. The lowest BCUT2D eigenvalue weighted by molar-refractivity contribution is -0.0411. The molecule has 8 heteroatoms. The number of thiophene rings is 1. The average Bonchev–Trinajstić information content (AvgIpc) is 3.05. The van der Waals surface area contributed by atoms with Crippen molar-refractivity contribution in [1.82, 2.24) is 24.9 Å². The monoisotopic (exact) mass is 392 g/mol. The Labute approximate surface area is 166 Å². The summed E-state index contributed by atoms with van der Waals surface area (Å²) in [7, 11) is 0. The zero-order valence-corrected chi connectivity index (χ0v) is 16.6. The summed E-state index contributed by atoms with van der Waals surface area (Å²) >= 11 is 1.64. The summed E-state index contributed by atoms with van der Waals surface area (Å²) in [4.78, 5) is 23.1. The Bertz CT molecular complexity index is 1160. The third kappa shape index (κ3) is 3.18. The molecule has 0 saturated carbocycles. The summed E-state index contributed by atoms with van der Waals surface area (Å²) in [5.41, 5.74) is 4.15. The van der Waals surface area contributed by atoms with Gasteiger partial charge < -0.3 is 10.1 Å². The van der Waals surface area contributed by atoms with Crippen LogP contribution in [0.3, 0.4) is 0 Å². The molecular formula is C20H20N6OS. The number of hydrogen-bond acceptors (Lipinski definition) is 8. The van der Waals surface area contributed by atoms with Crippen LogP contribution in [0.25, 0.3) is 20.4 Å². The van der Waals surface area contributed by atoms with Gasteiger partial charge in [-0.05, 0) is 31.9 Å². The molecule has 142 valence electrons. The number of ether oxygens (including phenoxy) is 1. The Balaban J connectivity index is 1.48. The van der Waals surface area contributed by atoms with Gasteiger partial charge >= 0.3 is 0 Å². The van der Waals surface area contributed by atoms with Crippen LogP contribution >= 0.6 is 11.3 Å². The molecule has 1 aliphatic heterocycles. The van der Waals surface area contributed by atoms with Crippen LogP contribution in [0, 0.1) is 0 Å². The third-order valence-electron chi connectivity index (χ3n) is 4.95. The fourth-order valence-corrected chi connectivity index (χ4v) is 4.59. The van der Waals surface area contributed by atoms with E-state index in [1.165, 1.54) is 0 Å². The number of aromatic nitrogens is 5. The number of anilines is 1. The van der Waals surface area contributed by atoms with Crippen molar-refractivity contribution in [1.29, 1.82) is 0 Å². The minimum atomic E-state index is -0.169. The van der Waals surface area contributed by atoms with Crippen molar-refractivity contribution < 1.29 is 4.74 Å². The molecule has 0 saturated heterocycles. The number of pyridine rings is 1. The maximum atomic E-state index is 5.96. The minimum Gasteiger partial charge on any atom is -0.370 e. The molecule has 4 aromatic rings. The van der Waals surface area contributed by atoms with E-state index in [0.717, 1.165) is 62.5 Å². The highest BCUT2D eigenvalue weighted by Gasteiger charge is 2.28. The number of nitrogens with zero attached hydrogens (tertiary/aromatic N) is 5. The number of nitrogens with one attached hydrogen (secondary N) is 1. The molecule has 0 fully saturated rings. The molecule has 0 aromatic carbocycles. The number of rotatable bonds is 4. The van der Waals surface area contributed by atoms with Crippen LogP contribution < -0.4 is 5.32 Å². The molecule has 5 heterocycles. The van der Waals surface area contributed by atoms with Crippen LogP contribution in [-0.4, -0.2) is 37.1 Å². The first kappa shape index (κ1) is 17.4. The molecule has 1 aliphatic rings. The summed E-state index contributed by atoms with van der Waals surface area (Å²) in [6.07, 6.45) is 8.48. The van der Waals surface area contributed by atoms with Crippen LogP contribution in [0.4, 0.5) is 5.82 Å². The van der Waals surface area contributed by atoms with Crippen LogP contribution in [-0.2, 0) is 24.2 Å². The van der Waals surface area contributed by atoms with Gasteiger partial charge in [-0.15, -0.1) is 11.3 Å². The molecule has 0 bridgehead atoms. The van der Waals surface area contributed by atoms with Gasteiger partial charge in [0, 0.05) is 36.3 Å². The Hall–Kier alpha value is -2.71. The Kier molecular flexibility index (Phi) is 4.17. The van der Waals surface area contributed by atoms with Crippen LogP contribution in [0.1, 0.15) is 30.7 Å². The van der Waals surface area contributed by atoms with Crippen LogP contribution in [0.2, 0.25) is 0 Å². The first-order chi connectivity index (χ1) is 13.6. The van der Waals surface area contributed by atoms with Gasteiger partial charge in [0.1, 0.15) is 23.3 Å². The van der Waals surface area contributed by atoms with Gasteiger partial charge in [-0.1, -0.05) is 0 Å². The van der Waals surface area contributed by atoms with Crippen molar-refractivity contribution >= 4 is 37.6 Å². The SMILES string of the molecule is CC1(C)Cc2nc3sc4c(NCCc5cncnc5)ncnc4c3cc2CO1. The second-order valence-electron chi connectivity index (χ2n) is 7.60. The average molecular weight is 392 g/mol. The van der Waals surface area contributed by atoms with Gasteiger partial charge in [-0.25, -0.2) is 24.9 Å². The van der Waals surface area contributed by atoms with Gasteiger partial charge in [0.05, 0.1) is 28.1 Å². The highest BCUT2D eigenvalue weighted by Crippen LogP contribution is 2.37. The highest BCUT2D eigenvalue weighted by atomic mass is 32.1. The minimum absolute atomic E-state index is 0.169. The fraction of sp³-hybridized carbons (Fsp3) is 0.350. The molecule has 1 N–H and O–H groups in total. The first-order valence-electron chi connectivity index (χ1n) is 9.27. The Morgan fingerprint density at radius 1 is 1.18 bits per heavy atom. The summed E-state index contributed by atoms with van der Waals surface area (Å²) in [5.74, 6) is 0.847. The lowest BCUT2D eigenvalue weighted by Crippen LogP contribution is -2.32. The lowest BCUT2D eigenvalue weighted by atomic mass is 9.95. The van der Waals surface area contributed by atoms with Crippen LogP contribution in [0.5, 0.6) is 0 Å². The molecule has 0 aliphatic carbocycles. The van der Waals surface area contributed by atoms with Gasteiger partial charge in [0.15, 0.2) is 0 Å². The summed E-state index contributed by atoms with van der Waals surface area (Å²) in [6, 6.07) is 2.18. The van der Waals surface area contributed by atoms with E-state index in [-0.39, 0.29) is 5.60 Å². The van der Waals surface area contributed by atoms with Crippen molar-refractivity contribution in [3.63, 3.8) is 0 Å². The number of hydrogen-bond donors (Lipinski definition) is 1. The van der Waals surface area contributed by atoms with E-state index in [0.29, 0.717) is 6.61 Å². The highest BCUT2D eigenvalue weighted by molar-refractivity contribution is 7.25. The molecular weight excluding hydrogens is 372 g/mol. The van der Waals surface area contributed by atoms with Crippen LogP contribution in [0.15, 0.2) is 31.1 Å². The molecule has 0 radical (unpaired) electrons. The van der Waals surface area contributed by atoms with Crippen molar-refractivity contribution in [2.24, 2.45) is 0 Å². The van der Waals surface area contributed by atoms with Gasteiger partial charge in [0.2, 0.25) is 0 Å². The third-order valence-corrected chi connectivity index (χ3v) is 6.04. The zero-order chi connectivity index (χ0) is 19.1. The van der Waals surface area contributed by atoms with E-state index in [4.69, 9.17) is 9.72 Å². The predicted molar refractivity (Wildman–Crippen MR) is 110 cm³/mol. The van der Waals surface area contributed by atoms with Gasteiger partial charge in [-0.3, -0.25) is 0 Å². The van der Waals surface area contributed by atoms with Crippen molar-refractivity contribution in [2.75, 3.05) is 11.9 Å². The van der Waals surface area contributed by atoms with E-state index >= 15 is 0 Å². The molecule has 0 unspecified atom stereocenters. The van der Waals surface area contributed by atoms with E-state index in [2.05, 4.69) is 45.2 Å². The Morgan fingerprint density at radius 2 is 2.04 bits per heavy atom. The maximum absolute atomic E-state index is 5.96. The number of fused-ring (bicyclic) bond motifs is 4. The Morgan fingerprint density at radius 3 is 2.89 bits per heavy atom. The normalized spacial score (nSPS) is 15.6. The molecule has 0 atom stereocenters. The molecule has 5 rings (SSSR count). The fourth-order valence-electron chi connectivity index (χ4n) is 3.50. The quantitative estimate of drug-likeness (QED) is 0.568. The van der Waals surface area contributed by atoms with Crippen molar-refractivity contribution in [2.45, 2.75) is 38.9 Å². The largest absolute Gasteiger partial charge is 0.370 e. The molecule has 0 amide bonds. The molecule has 0 spiro atoms. The summed E-state index contributed by atoms with van der Waals surface area (Å²) < 4.78 is 7.00. The molecule has 7 nitrogen and oxygen atoms in total. The lowest BCUT2D eigenvalue weighted by Gasteiger charge is -2.30. The topological polar surface area (TPSA) is 85.7 Å². The summed E-state index contributed by atoms with van der Waals surface area (Å²) in [5, 5.41) is 4.50. The van der Waals surface area contributed by atoms with Crippen molar-refractivity contribution in [3.05, 3.63) is 47.9 Å². The predicted octanol–water partition coefficient (Wildman–Crippen LogP) is 3.54. The van der Waals surface area contributed by atoms with E-state index in [1.807, 2.05) is 12.4 Å². The van der Waals surface area contributed by atoms with E-state index < -0.39 is 0 Å². The molecule has 28 heavy (non-hydrogen) atoms.